The minimum Gasteiger partial charge on any atom is -0.477 e. The van der Waals surface area contributed by atoms with E-state index in [2.05, 4.69) is 10.6 Å². The van der Waals surface area contributed by atoms with Crippen molar-refractivity contribution in [2.45, 2.75) is 6.10 Å². The van der Waals surface area contributed by atoms with Crippen LogP contribution in [0, 0.1) is 0 Å². The predicted octanol–water partition coefficient (Wildman–Crippen LogP) is 3.15. The molecule has 0 aromatic heterocycles. The number of hydrogen-bond acceptors (Lipinski definition) is 3. The van der Waals surface area contributed by atoms with Crippen molar-refractivity contribution >= 4 is 28.9 Å². The van der Waals surface area contributed by atoms with Crippen LogP contribution < -0.4 is 15.4 Å². The Morgan fingerprint density at radius 3 is 2.75 bits per heavy atom. The number of benzene rings is 2. The van der Waals surface area contributed by atoms with Crippen LogP contribution in [0.2, 0.25) is 5.02 Å². The average molecular weight is 289 g/mol. The number of fused-ring (bicyclic) bond motifs is 1. The monoisotopic (exact) mass is 288 g/mol. The molecule has 0 aliphatic carbocycles. The lowest BCUT2D eigenvalue weighted by Gasteiger charge is -2.26. The van der Waals surface area contributed by atoms with E-state index in [1.54, 1.807) is 24.3 Å². The molecule has 4 nitrogen and oxygen atoms in total. The van der Waals surface area contributed by atoms with Crippen LogP contribution >= 0.6 is 11.6 Å². The van der Waals surface area contributed by atoms with Crippen molar-refractivity contribution in [1.29, 1.82) is 0 Å². The highest BCUT2D eigenvalue weighted by molar-refractivity contribution is 6.30. The maximum atomic E-state index is 12.2. The van der Waals surface area contributed by atoms with Crippen LogP contribution in [0.5, 0.6) is 5.75 Å². The number of para-hydroxylation sites is 2. The fourth-order valence-electron chi connectivity index (χ4n) is 2.02. The largest absolute Gasteiger partial charge is 0.477 e. The third kappa shape index (κ3) is 2.70. The summed E-state index contributed by atoms with van der Waals surface area (Å²) in [6.07, 6.45) is -0.555. The van der Waals surface area contributed by atoms with Crippen LogP contribution in [0.1, 0.15) is 0 Å². The smallest absolute Gasteiger partial charge is 0.267 e. The Balaban J connectivity index is 1.68. The highest BCUT2D eigenvalue weighted by Gasteiger charge is 2.25. The first-order valence-corrected chi connectivity index (χ1v) is 6.66. The molecule has 1 amide bonds. The van der Waals surface area contributed by atoms with Gasteiger partial charge in [-0.2, -0.15) is 0 Å². The highest BCUT2D eigenvalue weighted by atomic mass is 35.5. The summed E-state index contributed by atoms with van der Waals surface area (Å²) in [7, 11) is 0. The molecule has 2 aromatic rings. The number of anilines is 2. The number of amides is 1. The maximum Gasteiger partial charge on any atom is 0.267 e. The molecule has 0 saturated carbocycles. The van der Waals surface area contributed by atoms with Crippen molar-refractivity contribution in [3.63, 3.8) is 0 Å². The Bertz CT molecular complexity index is 628. The first-order chi connectivity index (χ1) is 9.72. The van der Waals surface area contributed by atoms with E-state index >= 15 is 0 Å². The molecule has 1 aliphatic rings. The lowest BCUT2D eigenvalue weighted by atomic mass is 10.2. The molecule has 1 aliphatic heterocycles. The predicted molar refractivity (Wildman–Crippen MR) is 79.4 cm³/mol. The van der Waals surface area contributed by atoms with Gasteiger partial charge in [0.05, 0.1) is 12.2 Å². The van der Waals surface area contributed by atoms with Crippen molar-refractivity contribution in [2.75, 3.05) is 17.2 Å². The molecule has 5 heteroatoms. The van der Waals surface area contributed by atoms with Gasteiger partial charge in [-0.1, -0.05) is 23.7 Å². The summed E-state index contributed by atoms with van der Waals surface area (Å²) in [6, 6.07) is 14.5. The van der Waals surface area contributed by atoms with E-state index < -0.39 is 6.10 Å². The molecule has 1 atom stereocenters. The summed E-state index contributed by atoms with van der Waals surface area (Å²) >= 11 is 5.81. The molecule has 2 N–H and O–H groups in total. The van der Waals surface area contributed by atoms with Gasteiger partial charge in [-0.3, -0.25) is 4.79 Å². The molecule has 102 valence electrons. The first-order valence-electron chi connectivity index (χ1n) is 6.28. The number of rotatable bonds is 2. The Hall–Kier alpha value is -2.20. The highest BCUT2D eigenvalue weighted by Crippen LogP contribution is 2.28. The number of carbonyl (C=O) groups excluding carboxylic acids is 1. The van der Waals surface area contributed by atoms with Crippen molar-refractivity contribution in [3.8, 4) is 5.75 Å². The van der Waals surface area contributed by atoms with E-state index in [-0.39, 0.29) is 5.91 Å². The second kappa shape index (κ2) is 5.43. The van der Waals surface area contributed by atoms with Gasteiger partial charge in [0.15, 0.2) is 6.10 Å². The van der Waals surface area contributed by atoms with Gasteiger partial charge < -0.3 is 15.4 Å². The molecule has 1 unspecified atom stereocenters. The zero-order valence-electron chi connectivity index (χ0n) is 10.6. The summed E-state index contributed by atoms with van der Waals surface area (Å²) in [5, 5.41) is 6.62. The Morgan fingerprint density at radius 1 is 1.20 bits per heavy atom. The SMILES string of the molecule is O=C(Nc1ccc(Cl)cc1)C1CNc2ccccc2O1. The molecular weight excluding hydrogens is 276 g/mol. The van der Waals surface area contributed by atoms with Gasteiger partial charge >= 0.3 is 0 Å². The van der Waals surface area contributed by atoms with E-state index in [4.69, 9.17) is 16.3 Å². The van der Waals surface area contributed by atoms with Gasteiger partial charge in [0.25, 0.3) is 5.91 Å². The van der Waals surface area contributed by atoms with E-state index in [0.29, 0.717) is 23.0 Å². The molecular formula is C15H13ClN2O2. The van der Waals surface area contributed by atoms with E-state index in [1.807, 2.05) is 24.3 Å². The average Bonchev–Trinajstić information content (AvgIpc) is 2.49. The molecule has 20 heavy (non-hydrogen) atoms. The Morgan fingerprint density at radius 2 is 1.95 bits per heavy atom. The summed E-state index contributed by atoms with van der Waals surface area (Å²) in [4.78, 5) is 12.2. The zero-order chi connectivity index (χ0) is 13.9. The number of halogens is 1. The van der Waals surface area contributed by atoms with E-state index in [1.165, 1.54) is 0 Å². The number of carbonyl (C=O) groups is 1. The van der Waals surface area contributed by atoms with Crippen LogP contribution in [0.25, 0.3) is 0 Å². The molecule has 1 heterocycles. The van der Waals surface area contributed by atoms with Crippen LogP contribution in [0.3, 0.4) is 0 Å². The summed E-state index contributed by atoms with van der Waals surface area (Å²) in [5.41, 5.74) is 1.60. The van der Waals surface area contributed by atoms with Crippen molar-refractivity contribution in [1.82, 2.24) is 0 Å². The third-order valence-electron chi connectivity index (χ3n) is 3.04. The summed E-state index contributed by atoms with van der Waals surface area (Å²) < 4.78 is 5.69. The second-order valence-electron chi connectivity index (χ2n) is 4.48. The van der Waals surface area contributed by atoms with Gasteiger partial charge in [-0.25, -0.2) is 0 Å². The van der Waals surface area contributed by atoms with Gasteiger partial charge in [-0.15, -0.1) is 0 Å². The van der Waals surface area contributed by atoms with E-state index in [9.17, 15) is 4.79 Å². The van der Waals surface area contributed by atoms with Crippen molar-refractivity contribution in [2.24, 2.45) is 0 Å². The number of nitrogens with one attached hydrogen (secondary N) is 2. The molecule has 0 fully saturated rings. The van der Waals surface area contributed by atoms with Gasteiger partial charge in [0, 0.05) is 10.7 Å². The van der Waals surface area contributed by atoms with Crippen LogP contribution in [-0.4, -0.2) is 18.6 Å². The molecule has 0 bridgehead atoms. The topological polar surface area (TPSA) is 50.4 Å². The third-order valence-corrected chi connectivity index (χ3v) is 3.29. The number of hydrogen-bond donors (Lipinski definition) is 2. The molecule has 0 radical (unpaired) electrons. The van der Waals surface area contributed by atoms with Crippen molar-refractivity contribution < 1.29 is 9.53 Å². The van der Waals surface area contributed by atoms with Crippen LogP contribution in [0.4, 0.5) is 11.4 Å². The Kier molecular flexibility index (Phi) is 3.48. The van der Waals surface area contributed by atoms with Gasteiger partial charge in [-0.05, 0) is 36.4 Å². The first kappa shape index (κ1) is 12.8. The molecule has 3 rings (SSSR count). The molecule has 0 spiro atoms. The minimum absolute atomic E-state index is 0.186. The second-order valence-corrected chi connectivity index (χ2v) is 4.92. The molecule has 2 aromatic carbocycles. The fourth-order valence-corrected chi connectivity index (χ4v) is 2.14. The fraction of sp³-hybridized carbons (Fsp3) is 0.133. The van der Waals surface area contributed by atoms with Crippen LogP contribution in [0.15, 0.2) is 48.5 Å². The van der Waals surface area contributed by atoms with Crippen LogP contribution in [-0.2, 0) is 4.79 Å². The summed E-state index contributed by atoms with van der Waals surface area (Å²) in [5.74, 6) is 0.504. The minimum atomic E-state index is -0.555. The molecule has 0 saturated heterocycles. The normalized spacial score (nSPS) is 16.6. The maximum absolute atomic E-state index is 12.2. The Labute approximate surface area is 121 Å². The lowest BCUT2D eigenvalue weighted by molar-refractivity contribution is -0.122. The lowest BCUT2D eigenvalue weighted by Crippen LogP contribution is -2.41. The van der Waals surface area contributed by atoms with Crippen molar-refractivity contribution in [3.05, 3.63) is 53.6 Å². The van der Waals surface area contributed by atoms with E-state index in [0.717, 1.165) is 5.69 Å². The van der Waals surface area contributed by atoms with Gasteiger partial charge in [0.2, 0.25) is 0 Å². The standard InChI is InChI=1S/C15H13ClN2O2/c16-10-5-7-11(8-6-10)18-15(19)14-9-17-12-3-1-2-4-13(12)20-14/h1-8,14,17H,9H2,(H,18,19). The number of ether oxygens (including phenoxy) is 1. The summed E-state index contributed by atoms with van der Waals surface area (Å²) in [6.45, 7) is 0.441. The quantitative estimate of drug-likeness (QED) is 0.892. The van der Waals surface area contributed by atoms with Gasteiger partial charge in [0.1, 0.15) is 5.75 Å². The zero-order valence-corrected chi connectivity index (χ0v) is 11.4.